The molecule has 0 spiro atoms. The molecule has 0 radical (unpaired) electrons. The molecular formula is C16H25ClN2. The monoisotopic (exact) mass is 280 g/mol. The van der Waals surface area contributed by atoms with E-state index in [0.29, 0.717) is 6.04 Å². The molecule has 0 saturated carbocycles. The van der Waals surface area contributed by atoms with E-state index in [2.05, 4.69) is 49.2 Å². The third-order valence-corrected chi connectivity index (χ3v) is 4.15. The van der Waals surface area contributed by atoms with Crippen molar-refractivity contribution in [2.45, 2.75) is 39.8 Å². The Morgan fingerprint density at radius 2 is 2.21 bits per heavy atom. The summed E-state index contributed by atoms with van der Waals surface area (Å²) < 4.78 is 0. The summed E-state index contributed by atoms with van der Waals surface area (Å²) in [5, 5.41) is 4.41. The summed E-state index contributed by atoms with van der Waals surface area (Å²) in [5.74, 6) is 0.737. The van der Waals surface area contributed by atoms with Gasteiger partial charge in [0.1, 0.15) is 0 Å². The van der Waals surface area contributed by atoms with E-state index < -0.39 is 0 Å². The molecule has 1 aliphatic heterocycles. The fourth-order valence-corrected chi connectivity index (χ4v) is 3.08. The van der Waals surface area contributed by atoms with Gasteiger partial charge < -0.3 is 5.32 Å². The summed E-state index contributed by atoms with van der Waals surface area (Å²) >= 11 is 6.36. The molecule has 0 aromatic heterocycles. The van der Waals surface area contributed by atoms with Crippen LogP contribution in [0, 0.1) is 12.8 Å². The van der Waals surface area contributed by atoms with Crippen LogP contribution in [0.3, 0.4) is 0 Å². The van der Waals surface area contributed by atoms with Gasteiger partial charge in [-0.15, -0.1) is 0 Å². The Bertz CT molecular complexity index is 417. The molecule has 1 aromatic carbocycles. The number of benzene rings is 1. The lowest BCUT2D eigenvalue weighted by Crippen LogP contribution is -2.51. The maximum Gasteiger partial charge on any atom is 0.0453 e. The van der Waals surface area contributed by atoms with Crippen molar-refractivity contribution in [2.24, 2.45) is 5.92 Å². The molecule has 1 unspecified atom stereocenters. The third kappa shape index (κ3) is 4.20. The van der Waals surface area contributed by atoms with Gasteiger partial charge >= 0.3 is 0 Å². The smallest absolute Gasteiger partial charge is 0.0453 e. The first-order valence-corrected chi connectivity index (χ1v) is 7.64. The molecule has 19 heavy (non-hydrogen) atoms. The molecule has 1 heterocycles. The van der Waals surface area contributed by atoms with E-state index in [4.69, 9.17) is 11.6 Å². The number of rotatable bonds is 4. The Balaban J connectivity index is 2.06. The lowest BCUT2D eigenvalue weighted by atomic mass is 10.00. The molecule has 1 aliphatic rings. The van der Waals surface area contributed by atoms with Crippen LogP contribution < -0.4 is 5.32 Å². The second-order valence-electron chi connectivity index (χ2n) is 6.05. The van der Waals surface area contributed by atoms with Gasteiger partial charge in [-0.3, -0.25) is 4.90 Å². The molecule has 0 aliphatic carbocycles. The van der Waals surface area contributed by atoms with Crippen LogP contribution in [0.2, 0.25) is 5.02 Å². The van der Waals surface area contributed by atoms with E-state index in [1.165, 1.54) is 17.5 Å². The molecule has 1 atom stereocenters. The minimum atomic E-state index is 0.631. The molecule has 106 valence electrons. The Labute approximate surface area is 122 Å². The van der Waals surface area contributed by atoms with E-state index in [0.717, 1.165) is 37.1 Å². The van der Waals surface area contributed by atoms with Gasteiger partial charge in [0.05, 0.1) is 0 Å². The number of hydrogen-bond donors (Lipinski definition) is 1. The highest BCUT2D eigenvalue weighted by Gasteiger charge is 2.23. The van der Waals surface area contributed by atoms with Gasteiger partial charge in [0, 0.05) is 37.2 Å². The lowest BCUT2D eigenvalue weighted by Gasteiger charge is -2.37. The molecule has 1 fully saturated rings. The van der Waals surface area contributed by atoms with Gasteiger partial charge in [0.2, 0.25) is 0 Å². The summed E-state index contributed by atoms with van der Waals surface area (Å²) in [6, 6.07) is 7.02. The number of piperazine rings is 1. The Hall–Kier alpha value is -0.570. The van der Waals surface area contributed by atoms with E-state index in [1.54, 1.807) is 0 Å². The van der Waals surface area contributed by atoms with Crippen LogP contribution in [0.15, 0.2) is 18.2 Å². The predicted octanol–water partition coefficient (Wildman–Crippen LogP) is 3.47. The predicted molar refractivity (Wildman–Crippen MR) is 82.7 cm³/mol. The zero-order chi connectivity index (χ0) is 13.8. The highest BCUT2D eigenvalue weighted by molar-refractivity contribution is 6.31. The first kappa shape index (κ1) is 14.8. The average molecular weight is 281 g/mol. The zero-order valence-electron chi connectivity index (χ0n) is 12.2. The molecule has 1 N–H and O–H groups in total. The number of nitrogens with one attached hydrogen (secondary N) is 1. The quantitative estimate of drug-likeness (QED) is 0.909. The van der Waals surface area contributed by atoms with E-state index >= 15 is 0 Å². The highest BCUT2D eigenvalue weighted by atomic mass is 35.5. The molecule has 2 nitrogen and oxygen atoms in total. The molecule has 3 heteroatoms. The number of nitrogens with zero attached hydrogens (tertiary/aromatic N) is 1. The van der Waals surface area contributed by atoms with Crippen molar-refractivity contribution >= 4 is 11.6 Å². The number of aryl methyl sites for hydroxylation is 1. The molecule has 1 saturated heterocycles. The second kappa shape index (κ2) is 6.74. The van der Waals surface area contributed by atoms with Gasteiger partial charge in [-0.2, -0.15) is 0 Å². The van der Waals surface area contributed by atoms with Crippen LogP contribution in [0.4, 0.5) is 0 Å². The standard InChI is InChI=1S/C16H25ClN2/c1-12(2)8-15-10-18-6-7-19(15)11-14-5-4-13(3)9-16(14)17/h4-5,9,12,15,18H,6-8,10-11H2,1-3H3. The third-order valence-electron chi connectivity index (χ3n) is 3.80. The maximum atomic E-state index is 6.36. The number of halogens is 1. The molecule has 0 bridgehead atoms. The molecule has 0 amide bonds. The molecule has 2 rings (SSSR count). The van der Waals surface area contributed by atoms with Crippen LogP contribution in [-0.2, 0) is 6.54 Å². The van der Waals surface area contributed by atoms with Crippen LogP contribution in [0.1, 0.15) is 31.4 Å². The first-order chi connectivity index (χ1) is 9.06. The van der Waals surface area contributed by atoms with Gasteiger partial charge in [-0.25, -0.2) is 0 Å². The SMILES string of the molecule is Cc1ccc(CN2CCNCC2CC(C)C)c(Cl)c1. The van der Waals surface area contributed by atoms with E-state index in [1.807, 2.05) is 0 Å². The van der Waals surface area contributed by atoms with E-state index in [9.17, 15) is 0 Å². The Morgan fingerprint density at radius 1 is 1.42 bits per heavy atom. The normalized spacial score (nSPS) is 21.0. The van der Waals surface area contributed by atoms with E-state index in [-0.39, 0.29) is 0 Å². The second-order valence-corrected chi connectivity index (χ2v) is 6.46. The largest absolute Gasteiger partial charge is 0.314 e. The van der Waals surface area contributed by atoms with Crippen LogP contribution in [0.5, 0.6) is 0 Å². The van der Waals surface area contributed by atoms with Crippen LogP contribution in [0.25, 0.3) is 0 Å². The van der Waals surface area contributed by atoms with Crippen molar-refractivity contribution in [1.82, 2.24) is 10.2 Å². The van der Waals surface area contributed by atoms with Gasteiger partial charge in [0.25, 0.3) is 0 Å². The minimum absolute atomic E-state index is 0.631. The first-order valence-electron chi connectivity index (χ1n) is 7.26. The van der Waals surface area contributed by atoms with Crippen LogP contribution >= 0.6 is 11.6 Å². The molecule has 1 aromatic rings. The summed E-state index contributed by atoms with van der Waals surface area (Å²) in [6.45, 7) is 10.9. The van der Waals surface area contributed by atoms with Crippen molar-refractivity contribution in [2.75, 3.05) is 19.6 Å². The van der Waals surface area contributed by atoms with Gasteiger partial charge in [0.15, 0.2) is 0 Å². The summed E-state index contributed by atoms with van der Waals surface area (Å²) in [7, 11) is 0. The number of hydrogen-bond acceptors (Lipinski definition) is 2. The van der Waals surface area contributed by atoms with Crippen LogP contribution in [-0.4, -0.2) is 30.6 Å². The minimum Gasteiger partial charge on any atom is -0.314 e. The van der Waals surface area contributed by atoms with Crippen molar-refractivity contribution in [1.29, 1.82) is 0 Å². The fourth-order valence-electron chi connectivity index (χ4n) is 2.79. The summed E-state index contributed by atoms with van der Waals surface area (Å²) in [6.07, 6.45) is 1.25. The summed E-state index contributed by atoms with van der Waals surface area (Å²) in [4.78, 5) is 2.58. The fraction of sp³-hybridized carbons (Fsp3) is 0.625. The van der Waals surface area contributed by atoms with Crippen molar-refractivity contribution in [3.05, 3.63) is 34.3 Å². The maximum absolute atomic E-state index is 6.36. The highest BCUT2D eigenvalue weighted by Crippen LogP contribution is 2.22. The lowest BCUT2D eigenvalue weighted by molar-refractivity contribution is 0.134. The summed E-state index contributed by atoms with van der Waals surface area (Å²) in [5.41, 5.74) is 2.48. The van der Waals surface area contributed by atoms with Gasteiger partial charge in [-0.1, -0.05) is 37.6 Å². The Kier molecular flexibility index (Phi) is 5.26. The zero-order valence-corrected chi connectivity index (χ0v) is 13.0. The molecular weight excluding hydrogens is 256 g/mol. The van der Waals surface area contributed by atoms with Crippen molar-refractivity contribution < 1.29 is 0 Å². The topological polar surface area (TPSA) is 15.3 Å². The average Bonchev–Trinajstić information content (AvgIpc) is 2.34. The van der Waals surface area contributed by atoms with Crippen molar-refractivity contribution in [3.8, 4) is 0 Å². The Morgan fingerprint density at radius 3 is 2.89 bits per heavy atom. The van der Waals surface area contributed by atoms with Gasteiger partial charge in [-0.05, 0) is 36.5 Å². The van der Waals surface area contributed by atoms with Crippen molar-refractivity contribution in [3.63, 3.8) is 0 Å².